The first-order valence-corrected chi connectivity index (χ1v) is 8.54. The van der Waals surface area contributed by atoms with E-state index in [0.29, 0.717) is 18.3 Å². The molecule has 3 rings (SSSR count). The normalized spacial score (nSPS) is 20.7. The van der Waals surface area contributed by atoms with Crippen LogP contribution in [0.2, 0.25) is 0 Å². The summed E-state index contributed by atoms with van der Waals surface area (Å²) in [5, 5.41) is 7.16. The molecule has 1 aliphatic rings. The van der Waals surface area contributed by atoms with Crippen LogP contribution in [0.1, 0.15) is 38.2 Å². The Labute approximate surface area is 142 Å². The second kappa shape index (κ2) is 8.06. The van der Waals surface area contributed by atoms with E-state index in [2.05, 4.69) is 22.3 Å². The van der Waals surface area contributed by atoms with Crippen molar-refractivity contribution in [1.29, 1.82) is 0 Å². The second-order valence-corrected chi connectivity index (χ2v) is 6.41. The van der Waals surface area contributed by atoms with Gasteiger partial charge in [-0.2, -0.15) is 5.10 Å². The molecular weight excluding hydrogens is 304 g/mol. The molecule has 1 saturated carbocycles. The minimum atomic E-state index is -0.151. The predicted molar refractivity (Wildman–Crippen MR) is 91.6 cm³/mol. The van der Waals surface area contributed by atoms with Crippen molar-refractivity contribution in [2.45, 2.75) is 45.3 Å². The van der Waals surface area contributed by atoms with E-state index >= 15 is 0 Å². The van der Waals surface area contributed by atoms with Gasteiger partial charge in [-0.3, -0.25) is 14.5 Å². The van der Waals surface area contributed by atoms with Gasteiger partial charge >= 0.3 is 0 Å². The van der Waals surface area contributed by atoms with E-state index in [1.54, 1.807) is 23.1 Å². The van der Waals surface area contributed by atoms with E-state index < -0.39 is 0 Å². The molecule has 24 heavy (non-hydrogen) atoms. The highest BCUT2D eigenvalue weighted by atomic mass is 16.5. The van der Waals surface area contributed by atoms with Crippen LogP contribution in [-0.2, 0) is 16.1 Å². The molecule has 2 unspecified atom stereocenters. The number of nitrogens with zero attached hydrogens (tertiary/aromatic N) is 3. The fraction of sp³-hybridized carbons (Fsp3) is 0.500. The maximum Gasteiger partial charge on any atom is 0.251 e. The van der Waals surface area contributed by atoms with Crippen molar-refractivity contribution in [3.05, 3.63) is 42.4 Å². The molecule has 0 bridgehead atoms. The third-order valence-corrected chi connectivity index (χ3v) is 4.46. The summed E-state index contributed by atoms with van der Waals surface area (Å²) in [6, 6.07) is 5.68. The summed E-state index contributed by atoms with van der Waals surface area (Å²) >= 11 is 0. The lowest BCUT2D eigenvalue weighted by molar-refractivity contribution is -0.124. The number of aromatic nitrogens is 3. The molecular formula is C18H24N4O2. The number of hydrogen-bond donors (Lipinski definition) is 1. The lowest BCUT2D eigenvalue weighted by Gasteiger charge is -2.28. The molecule has 6 heteroatoms. The van der Waals surface area contributed by atoms with Gasteiger partial charge in [0.15, 0.2) is 5.82 Å². The number of pyridine rings is 1. The smallest absolute Gasteiger partial charge is 0.251 e. The highest BCUT2D eigenvalue weighted by Crippen LogP contribution is 2.26. The minimum Gasteiger partial charge on any atom is -0.368 e. The summed E-state index contributed by atoms with van der Waals surface area (Å²) < 4.78 is 7.56. The van der Waals surface area contributed by atoms with E-state index in [4.69, 9.17) is 4.74 Å². The van der Waals surface area contributed by atoms with Crippen LogP contribution in [0.3, 0.4) is 0 Å². The number of carbonyl (C=O) groups is 1. The maximum absolute atomic E-state index is 12.0. The number of anilines is 1. The number of rotatable bonds is 6. The average Bonchev–Trinajstić information content (AvgIpc) is 3.02. The Hall–Kier alpha value is -2.21. The van der Waals surface area contributed by atoms with Crippen LogP contribution in [0.15, 0.2) is 36.8 Å². The van der Waals surface area contributed by atoms with Gasteiger partial charge in [0.25, 0.3) is 5.91 Å². The first-order chi connectivity index (χ1) is 11.7. The SMILES string of the molecule is CC1CCCCC1OCC(=O)Nc1ccn(Cc2ccncc2)n1. The van der Waals surface area contributed by atoms with Crippen molar-refractivity contribution in [3.63, 3.8) is 0 Å². The Morgan fingerprint density at radius 1 is 1.29 bits per heavy atom. The highest BCUT2D eigenvalue weighted by Gasteiger charge is 2.22. The molecule has 2 aromatic heterocycles. The Morgan fingerprint density at radius 3 is 2.88 bits per heavy atom. The van der Waals surface area contributed by atoms with Gasteiger partial charge in [0.2, 0.25) is 0 Å². The van der Waals surface area contributed by atoms with E-state index in [0.717, 1.165) is 12.0 Å². The first kappa shape index (κ1) is 16.6. The van der Waals surface area contributed by atoms with Crippen molar-refractivity contribution < 1.29 is 9.53 Å². The second-order valence-electron chi connectivity index (χ2n) is 6.41. The van der Waals surface area contributed by atoms with Crippen LogP contribution < -0.4 is 5.32 Å². The zero-order valence-electron chi connectivity index (χ0n) is 14.0. The van der Waals surface area contributed by atoms with Gasteiger partial charge < -0.3 is 10.1 Å². The minimum absolute atomic E-state index is 0.0895. The predicted octanol–water partition coefficient (Wildman–Crippen LogP) is 2.86. The zero-order chi connectivity index (χ0) is 16.8. The van der Waals surface area contributed by atoms with Crippen molar-refractivity contribution >= 4 is 11.7 Å². The molecule has 2 atom stereocenters. The van der Waals surface area contributed by atoms with Gasteiger partial charge in [0.05, 0.1) is 12.6 Å². The summed E-state index contributed by atoms with van der Waals surface area (Å²) in [6.07, 6.45) is 10.3. The Morgan fingerprint density at radius 2 is 2.08 bits per heavy atom. The molecule has 1 amide bonds. The van der Waals surface area contributed by atoms with Crippen LogP contribution >= 0.6 is 0 Å². The molecule has 6 nitrogen and oxygen atoms in total. The number of ether oxygens (including phenoxy) is 1. The lowest BCUT2D eigenvalue weighted by Crippen LogP contribution is -2.29. The highest BCUT2D eigenvalue weighted by molar-refractivity contribution is 5.90. The van der Waals surface area contributed by atoms with Crippen molar-refractivity contribution in [3.8, 4) is 0 Å². The third kappa shape index (κ3) is 4.64. The zero-order valence-corrected chi connectivity index (χ0v) is 14.0. The fourth-order valence-corrected chi connectivity index (χ4v) is 3.08. The van der Waals surface area contributed by atoms with Gasteiger partial charge in [-0.25, -0.2) is 0 Å². The van der Waals surface area contributed by atoms with Crippen LogP contribution in [-0.4, -0.2) is 33.4 Å². The number of amides is 1. The molecule has 2 heterocycles. The van der Waals surface area contributed by atoms with Gasteiger partial charge in [-0.05, 0) is 36.5 Å². The molecule has 1 fully saturated rings. The monoisotopic (exact) mass is 328 g/mol. The molecule has 1 aliphatic carbocycles. The number of hydrogen-bond acceptors (Lipinski definition) is 4. The maximum atomic E-state index is 12.0. The quantitative estimate of drug-likeness (QED) is 0.885. The van der Waals surface area contributed by atoms with Crippen LogP contribution in [0, 0.1) is 5.92 Å². The molecule has 1 N–H and O–H groups in total. The molecule has 2 aromatic rings. The Balaban J connectivity index is 1.46. The first-order valence-electron chi connectivity index (χ1n) is 8.54. The standard InChI is InChI=1S/C18H24N4O2/c1-14-4-2-3-5-16(14)24-13-18(23)20-17-8-11-22(21-17)12-15-6-9-19-10-7-15/h6-11,14,16H,2-5,12-13H2,1H3,(H,20,21,23). The van der Waals surface area contributed by atoms with E-state index in [1.165, 1.54) is 19.3 Å². The summed E-state index contributed by atoms with van der Waals surface area (Å²) in [7, 11) is 0. The summed E-state index contributed by atoms with van der Waals surface area (Å²) in [6.45, 7) is 2.93. The van der Waals surface area contributed by atoms with E-state index in [9.17, 15) is 4.79 Å². The van der Waals surface area contributed by atoms with Gasteiger partial charge in [0.1, 0.15) is 6.61 Å². The van der Waals surface area contributed by atoms with Crippen molar-refractivity contribution in [1.82, 2.24) is 14.8 Å². The van der Waals surface area contributed by atoms with Crippen LogP contribution in [0.5, 0.6) is 0 Å². The fourth-order valence-electron chi connectivity index (χ4n) is 3.08. The molecule has 0 aliphatic heterocycles. The molecule has 0 aromatic carbocycles. The van der Waals surface area contributed by atoms with Gasteiger partial charge in [-0.15, -0.1) is 0 Å². The van der Waals surface area contributed by atoms with Crippen LogP contribution in [0.25, 0.3) is 0 Å². The van der Waals surface area contributed by atoms with Gasteiger partial charge in [0, 0.05) is 24.7 Å². The van der Waals surface area contributed by atoms with Crippen molar-refractivity contribution in [2.75, 3.05) is 11.9 Å². The van der Waals surface area contributed by atoms with Gasteiger partial charge in [-0.1, -0.05) is 19.8 Å². The Kier molecular flexibility index (Phi) is 5.59. The lowest BCUT2D eigenvalue weighted by atomic mass is 9.88. The summed E-state index contributed by atoms with van der Waals surface area (Å²) in [4.78, 5) is 16.0. The van der Waals surface area contributed by atoms with Crippen LogP contribution in [0.4, 0.5) is 5.82 Å². The third-order valence-electron chi connectivity index (χ3n) is 4.46. The molecule has 0 saturated heterocycles. The molecule has 0 radical (unpaired) electrons. The molecule has 0 spiro atoms. The largest absolute Gasteiger partial charge is 0.368 e. The summed E-state index contributed by atoms with van der Waals surface area (Å²) in [5.41, 5.74) is 1.11. The topological polar surface area (TPSA) is 69.0 Å². The van der Waals surface area contributed by atoms with Crippen molar-refractivity contribution in [2.24, 2.45) is 5.92 Å². The van der Waals surface area contributed by atoms with E-state index in [1.807, 2.05) is 18.3 Å². The number of carbonyl (C=O) groups excluding carboxylic acids is 1. The Bertz CT molecular complexity index is 656. The summed E-state index contributed by atoms with van der Waals surface area (Å²) in [5.74, 6) is 0.933. The molecule has 128 valence electrons. The number of nitrogens with one attached hydrogen (secondary N) is 1. The van der Waals surface area contributed by atoms with E-state index in [-0.39, 0.29) is 18.6 Å². The average molecular weight is 328 g/mol.